The maximum Gasteiger partial charge on any atom is 0.242 e. The lowest BCUT2D eigenvalue weighted by atomic mass is 10.3. The molecule has 0 amide bonds. The van der Waals surface area contributed by atoms with Gasteiger partial charge in [0.25, 0.3) is 0 Å². The van der Waals surface area contributed by atoms with Crippen LogP contribution in [-0.2, 0) is 19.9 Å². The highest BCUT2D eigenvalue weighted by molar-refractivity contribution is 7.90. The average molecular weight is 321 g/mol. The molecule has 0 fully saturated rings. The van der Waals surface area contributed by atoms with E-state index in [9.17, 15) is 21.9 Å². The van der Waals surface area contributed by atoms with E-state index in [-0.39, 0.29) is 16.3 Å². The Morgan fingerprint density at radius 2 is 1.55 bits per heavy atom. The average Bonchev–Trinajstić information content (AvgIpc) is 2.34. The molecule has 0 saturated heterocycles. The van der Waals surface area contributed by atoms with Gasteiger partial charge in [-0.05, 0) is 37.6 Å². The van der Waals surface area contributed by atoms with E-state index in [2.05, 4.69) is 0 Å². The predicted octanol–water partition coefficient (Wildman–Crippen LogP) is 0.482. The SMILES string of the molecule is CC(O)CCN(C)S(=O)(=O)c1ccc(S(C)(=O)=O)cc1. The smallest absolute Gasteiger partial charge is 0.242 e. The van der Waals surface area contributed by atoms with Crippen LogP contribution in [0.5, 0.6) is 0 Å². The molecule has 1 unspecified atom stereocenters. The molecule has 1 rings (SSSR count). The van der Waals surface area contributed by atoms with Crippen molar-refractivity contribution in [3.63, 3.8) is 0 Å². The molecule has 1 aromatic rings. The molecule has 6 nitrogen and oxygen atoms in total. The van der Waals surface area contributed by atoms with Crippen molar-refractivity contribution in [3.8, 4) is 0 Å². The van der Waals surface area contributed by atoms with E-state index in [1.54, 1.807) is 6.92 Å². The van der Waals surface area contributed by atoms with E-state index in [1.165, 1.54) is 31.3 Å². The molecular weight excluding hydrogens is 302 g/mol. The number of hydrogen-bond donors (Lipinski definition) is 1. The third-order valence-electron chi connectivity index (χ3n) is 2.82. The first-order chi connectivity index (χ1) is 9.05. The normalized spacial score (nSPS) is 14.4. The summed E-state index contributed by atoms with van der Waals surface area (Å²) in [5.41, 5.74) is 0. The predicted molar refractivity (Wildman–Crippen MR) is 75.7 cm³/mol. The number of benzene rings is 1. The summed E-state index contributed by atoms with van der Waals surface area (Å²) in [7, 11) is -5.60. The van der Waals surface area contributed by atoms with E-state index < -0.39 is 26.0 Å². The minimum atomic E-state index is -3.67. The van der Waals surface area contributed by atoms with Crippen LogP contribution in [0, 0.1) is 0 Å². The zero-order valence-electron chi connectivity index (χ0n) is 11.6. The summed E-state index contributed by atoms with van der Waals surface area (Å²) >= 11 is 0. The lowest BCUT2D eigenvalue weighted by Crippen LogP contribution is -2.29. The Kier molecular flexibility index (Phi) is 5.31. The van der Waals surface area contributed by atoms with Crippen molar-refractivity contribution < 1.29 is 21.9 Å². The lowest BCUT2D eigenvalue weighted by Gasteiger charge is -2.18. The second-order valence-corrected chi connectivity index (χ2v) is 8.77. The monoisotopic (exact) mass is 321 g/mol. The van der Waals surface area contributed by atoms with Crippen molar-refractivity contribution >= 4 is 19.9 Å². The number of aliphatic hydroxyl groups excluding tert-OH is 1. The topological polar surface area (TPSA) is 91.8 Å². The first-order valence-electron chi connectivity index (χ1n) is 5.99. The molecular formula is C12H19NO5S2. The van der Waals surface area contributed by atoms with Gasteiger partial charge in [0.15, 0.2) is 9.84 Å². The van der Waals surface area contributed by atoms with Crippen LogP contribution in [0.3, 0.4) is 0 Å². The Bertz CT molecular complexity index is 648. The van der Waals surface area contributed by atoms with E-state index >= 15 is 0 Å². The van der Waals surface area contributed by atoms with Gasteiger partial charge in [0.05, 0.1) is 15.9 Å². The molecule has 0 aliphatic rings. The molecule has 0 aliphatic heterocycles. The fourth-order valence-electron chi connectivity index (χ4n) is 1.53. The Morgan fingerprint density at radius 1 is 1.10 bits per heavy atom. The highest BCUT2D eigenvalue weighted by Crippen LogP contribution is 2.17. The summed E-state index contributed by atoms with van der Waals surface area (Å²) in [5, 5.41) is 9.18. The fraction of sp³-hybridized carbons (Fsp3) is 0.500. The van der Waals surface area contributed by atoms with Crippen LogP contribution in [-0.4, -0.2) is 52.2 Å². The van der Waals surface area contributed by atoms with Gasteiger partial charge in [-0.15, -0.1) is 0 Å². The van der Waals surface area contributed by atoms with E-state index in [1.807, 2.05) is 0 Å². The Balaban J connectivity index is 2.99. The van der Waals surface area contributed by atoms with Gasteiger partial charge in [0, 0.05) is 19.8 Å². The van der Waals surface area contributed by atoms with Crippen molar-refractivity contribution in [1.82, 2.24) is 4.31 Å². The molecule has 0 aliphatic carbocycles. The zero-order valence-corrected chi connectivity index (χ0v) is 13.3. The zero-order chi connectivity index (χ0) is 15.6. The quantitative estimate of drug-likeness (QED) is 0.823. The summed E-state index contributed by atoms with van der Waals surface area (Å²) in [5.74, 6) is 0. The summed E-state index contributed by atoms with van der Waals surface area (Å²) in [4.78, 5) is 0.0982. The molecule has 1 N–H and O–H groups in total. The van der Waals surface area contributed by atoms with E-state index in [0.717, 1.165) is 10.6 Å². The first kappa shape index (κ1) is 17.1. The van der Waals surface area contributed by atoms with Gasteiger partial charge in [-0.1, -0.05) is 0 Å². The molecule has 20 heavy (non-hydrogen) atoms. The summed E-state index contributed by atoms with van der Waals surface area (Å²) in [6.07, 6.45) is 0.808. The molecule has 114 valence electrons. The fourth-order valence-corrected chi connectivity index (χ4v) is 3.34. The second kappa shape index (κ2) is 6.21. The lowest BCUT2D eigenvalue weighted by molar-refractivity contribution is 0.177. The Hall–Kier alpha value is -0.960. The third-order valence-corrected chi connectivity index (χ3v) is 5.82. The summed E-state index contributed by atoms with van der Waals surface area (Å²) in [6, 6.07) is 5.07. The second-order valence-electron chi connectivity index (χ2n) is 4.71. The number of aliphatic hydroxyl groups is 1. The highest BCUT2D eigenvalue weighted by Gasteiger charge is 2.21. The largest absolute Gasteiger partial charge is 0.393 e. The summed E-state index contributed by atoms with van der Waals surface area (Å²) < 4.78 is 48.2. The van der Waals surface area contributed by atoms with Crippen LogP contribution in [0.1, 0.15) is 13.3 Å². The maximum absolute atomic E-state index is 12.2. The molecule has 0 bridgehead atoms. The van der Waals surface area contributed by atoms with Gasteiger partial charge in [0.1, 0.15) is 0 Å². The molecule has 0 saturated carbocycles. The first-order valence-corrected chi connectivity index (χ1v) is 9.33. The van der Waals surface area contributed by atoms with Crippen molar-refractivity contribution in [2.75, 3.05) is 19.8 Å². The van der Waals surface area contributed by atoms with Gasteiger partial charge < -0.3 is 5.11 Å². The van der Waals surface area contributed by atoms with Gasteiger partial charge in [-0.2, -0.15) is 0 Å². The number of sulfonamides is 1. The van der Waals surface area contributed by atoms with Crippen molar-refractivity contribution in [2.45, 2.75) is 29.2 Å². The Labute approximate surface area is 120 Å². The molecule has 1 aromatic carbocycles. The molecule has 0 heterocycles. The van der Waals surface area contributed by atoms with Gasteiger partial charge >= 0.3 is 0 Å². The number of rotatable bonds is 6. The van der Waals surface area contributed by atoms with Gasteiger partial charge in [0.2, 0.25) is 10.0 Å². The van der Waals surface area contributed by atoms with Crippen LogP contribution in [0.2, 0.25) is 0 Å². The van der Waals surface area contributed by atoms with Gasteiger partial charge in [-0.25, -0.2) is 21.1 Å². The third kappa shape index (κ3) is 4.27. The van der Waals surface area contributed by atoms with Crippen LogP contribution >= 0.6 is 0 Å². The van der Waals surface area contributed by atoms with Crippen LogP contribution in [0.25, 0.3) is 0 Å². The molecule has 1 atom stereocenters. The standard InChI is InChI=1S/C12H19NO5S2/c1-10(14)8-9-13(2)20(17,18)12-6-4-11(5-7-12)19(3,15)16/h4-7,10,14H,8-9H2,1-3H3. The maximum atomic E-state index is 12.2. The number of hydrogen-bond acceptors (Lipinski definition) is 5. The molecule has 8 heteroatoms. The van der Waals surface area contributed by atoms with E-state index in [4.69, 9.17) is 0 Å². The number of sulfone groups is 1. The van der Waals surface area contributed by atoms with E-state index in [0.29, 0.717) is 6.42 Å². The van der Waals surface area contributed by atoms with Gasteiger partial charge in [-0.3, -0.25) is 0 Å². The summed E-state index contributed by atoms with van der Waals surface area (Å²) in [6.45, 7) is 1.77. The minimum absolute atomic E-state index is 0.0259. The Morgan fingerprint density at radius 3 is 1.95 bits per heavy atom. The van der Waals surface area contributed by atoms with Crippen LogP contribution < -0.4 is 0 Å². The van der Waals surface area contributed by atoms with Crippen LogP contribution in [0.15, 0.2) is 34.1 Å². The highest BCUT2D eigenvalue weighted by atomic mass is 32.2. The van der Waals surface area contributed by atoms with Crippen molar-refractivity contribution in [3.05, 3.63) is 24.3 Å². The van der Waals surface area contributed by atoms with Crippen molar-refractivity contribution in [2.24, 2.45) is 0 Å². The number of nitrogens with zero attached hydrogens (tertiary/aromatic N) is 1. The molecule has 0 aromatic heterocycles. The van der Waals surface area contributed by atoms with Crippen molar-refractivity contribution in [1.29, 1.82) is 0 Å². The molecule has 0 spiro atoms. The van der Waals surface area contributed by atoms with Crippen LogP contribution in [0.4, 0.5) is 0 Å². The minimum Gasteiger partial charge on any atom is -0.393 e. The molecule has 0 radical (unpaired) electrons.